The van der Waals surface area contributed by atoms with Crippen molar-refractivity contribution in [2.75, 3.05) is 7.05 Å². The van der Waals surface area contributed by atoms with E-state index in [4.69, 9.17) is 11.6 Å². The first-order chi connectivity index (χ1) is 8.22. The van der Waals surface area contributed by atoms with Crippen molar-refractivity contribution < 1.29 is 4.79 Å². The molecule has 0 heterocycles. The number of halogens is 1. The lowest BCUT2D eigenvalue weighted by Gasteiger charge is -2.09. The monoisotopic (exact) mass is 245 g/mol. The molecule has 0 aliphatic carbocycles. The third-order valence-corrected chi connectivity index (χ3v) is 2.77. The van der Waals surface area contributed by atoms with Gasteiger partial charge in [0.25, 0.3) is 5.91 Å². The molecule has 0 unspecified atom stereocenters. The van der Waals surface area contributed by atoms with E-state index in [0.29, 0.717) is 10.6 Å². The van der Waals surface area contributed by atoms with Crippen molar-refractivity contribution in [1.82, 2.24) is 5.32 Å². The van der Waals surface area contributed by atoms with Gasteiger partial charge in [-0.3, -0.25) is 4.79 Å². The highest BCUT2D eigenvalue weighted by Crippen LogP contribution is 2.26. The number of carbonyl (C=O) groups excluding carboxylic acids is 1. The van der Waals surface area contributed by atoms with Crippen LogP contribution in [-0.2, 0) is 0 Å². The van der Waals surface area contributed by atoms with Gasteiger partial charge in [-0.1, -0.05) is 48.0 Å². The summed E-state index contributed by atoms with van der Waals surface area (Å²) in [5.74, 6) is -0.133. The Hall–Kier alpha value is -1.80. The van der Waals surface area contributed by atoms with Gasteiger partial charge in [0.15, 0.2) is 0 Å². The van der Waals surface area contributed by atoms with Gasteiger partial charge in [0.2, 0.25) is 0 Å². The van der Waals surface area contributed by atoms with Crippen LogP contribution in [0.5, 0.6) is 0 Å². The van der Waals surface area contributed by atoms with Crippen LogP contribution in [0.15, 0.2) is 48.5 Å². The Kier molecular flexibility index (Phi) is 3.45. The first-order valence-corrected chi connectivity index (χ1v) is 5.67. The molecule has 2 rings (SSSR count). The molecule has 0 spiro atoms. The molecule has 2 aromatic carbocycles. The fraction of sp³-hybridized carbons (Fsp3) is 0.0714. The maximum Gasteiger partial charge on any atom is 0.251 e. The molecule has 0 saturated heterocycles. The van der Waals surface area contributed by atoms with Crippen molar-refractivity contribution in [2.24, 2.45) is 0 Å². The van der Waals surface area contributed by atoms with Crippen LogP contribution in [0, 0.1) is 0 Å². The minimum atomic E-state index is -0.133. The van der Waals surface area contributed by atoms with E-state index in [0.717, 1.165) is 11.1 Å². The van der Waals surface area contributed by atoms with E-state index in [1.807, 2.05) is 36.4 Å². The van der Waals surface area contributed by atoms with Gasteiger partial charge in [0, 0.05) is 17.6 Å². The standard InChI is InChI=1S/C14H12ClNO/c1-16-14(17)13-9-11(15)7-8-12(13)10-5-3-2-4-6-10/h2-9H,1H3,(H,16,17). The molecule has 0 radical (unpaired) electrons. The Bertz CT molecular complexity index is 537. The van der Waals surface area contributed by atoms with Gasteiger partial charge < -0.3 is 5.32 Å². The predicted molar refractivity (Wildman–Crippen MR) is 70.3 cm³/mol. The van der Waals surface area contributed by atoms with Gasteiger partial charge >= 0.3 is 0 Å². The average molecular weight is 246 g/mol. The summed E-state index contributed by atoms with van der Waals surface area (Å²) in [5.41, 5.74) is 2.48. The molecule has 86 valence electrons. The summed E-state index contributed by atoms with van der Waals surface area (Å²) in [4.78, 5) is 11.8. The molecule has 0 bridgehead atoms. The maximum atomic E-state index is 11.8. The largest absolute Gasteiger partial charge is 0.355 e. The number of hydrogen-bond donors (Lipinski definition) is 1. The Morgan fingerprint density at radius 1 is 1.12 bits per heavy atom. The molecule has 3 heteroatoms. The smallest absolute Gasteiger partial charge is 0.251 e. The molecule has 0 fully saturated rings. The molecule has 0 atom stereocenters. The van der Waals surface area contributed by atoms with Crippen LogP contribution in [0.2, 0.25) is 5.02 Å². The first-order valence-electron chi connectivity index (χ1n) is 5.29. The third-order valence-electron chi connectivity index (χ3n) is 2.54. The summed E-state index contributed by atoms with van der Waals surface area (Å²) in [6, 6.07) is 15.1. The SMILES string of the molecule is CNC(=O)c1cc(Cl)ccc1-c1ccccc1. The van der Waals surface area contributed by atoms with Gasteiger partial charge in [0.1, 0.15) is 0 Å². The number of amides is 1. The van der Waals surface area contributed by atoms with E-state index in [-0.39, 0.29) is 5.91 Å². The van der Waals surface area contributed by atoms with Crippen LogP contribution in [-0.4, -0.2) is 13.0 Å². The Morgan fingerprint density at radius 3 is 2.47 bits per heavy atom. The van der Waals surface area contributed by atoms with Gasteiger partial charge in [-0.2, -0.15) is 0 Å². The molecule has 17 heavy (non-hydrogen) atoms. The zero-order chi connectivity index (χ0) is 12.3. The lowest BCUT2D eigenvalue weighted by Crippen LogP contribution is -2.18. The summed E-state index contributed by atoms with van der Waals surface area (Å²) < 4.78 is 0. The normalized spacial score (nSPS) is 10.0. The topological polar surface area (TPSA) is 29.1 Å². The quantitative estimate of drug-likeness (QED) is 0.864. The first kappa shape index (κ1) is 11.7. The molecule has 0 saturated carbocycles. The minimum Gasteiger partial charge on any atom is -0.355 e. The van der Waals surface area contributed by atoms with E-state index in [1.165, 1.54) is 0 Å². The van der Waals surface area contributed by atoms with E-state index in [9.17, 15) is 4.79 Å². The van der Waals surface area contributed by atoms with Crippen LogP contribution in [0.3, 0.4) is 0 Å². The van der Waals surface area contributed by atoms with Crippen LogP contribution in [0.25, 0.3) is 11.1 Å². The van der Waals surface area contributed by atoms with Crippen LogP contribution < -0.4 is 5.32 Å². The molecule has 0 aliphatic rings. The maximum absolute atomic E-state index is 11.8. The van der Waals surface area contributed by atoms with Crippen molar-refractivity contribution in [3.8, 4) is 11.1 Å². The second-order valence-corrected chi connectivity index (χ2v) is 4.07. The van der Waals surface area contributed by atoms with E-state index < -0.39 is 0 Å². The van der Waals surface area contributed by atoms with Crippen LogP contribution in [0.4, 0.5) is 0 Å². The zero-order valence-electron chi connectivity index (χ0n) is 9.41. The number of benzene rings is 2. The van der Waals surface area contributed by atoms with E-state index >= 15 is 0 Å². The lowest BCUT2D eigenvalue weighted by molar-refractivity contribution is 0.0963. The number of hydrogen-bond acceptors (Lipinski definition) is 1. The highest BCUT2D eigenvalue weighted by molar-refractivity contribution is 6.31. The van der Waals surface area contributed by atoms with E-state index in [2.05, 4.69) is 5.32 Å². The number of rotatable bonds is 2. The highest BCUT2D eigenvalue weighted by atomic mass is 35.5. The zero-order valence-corrected chi connectivity index (χ0v) is 10.2. The molecule has 2 nitrogen and oxygen atoms in total. The number of carbonyl (C=O) groups is 1. The van der Waals surface area contributed by atoms with Crippen molar-refractivity contribution in [2.45, 2.75) is 0 Å². The average Bonchev–Trinajstić information content (AvgIpc) is 2.38. The second kappa shape index (κ2) is 5.02. The summed E-state index contributed by atoms with van der Waals surface area (Å²) in [6.45, 7) is 0. The Morgan fingerprint density at radius 2 is 1.82 bits per heavy atom. The van der Waals surface area contributed by atoms with Gasteiger partial charge in [-0.25, -0.2) is 0 Å². The molecular weight excluding hydrogens is 234 g/mol. The summed E-state index contributed by atoms with van der Waals surface area (Å²) in [5, 5.41) is 3.18. The molecule has 1 amide bonds. The minimum absolute atomic E-state index is 0.133. The van der Waals surface area contributed by atoms with Crippen LogP contribution in [0.1, 0.15) is 10.4 Å². The molecule has 0 aromatic heterocycles. The lowest BCUT2D eigenvalue weighted by atomic mass is 9.99. The molecule has 2 aromatic rings. The second-order valence-electron chi connectivity index (χ2n) is 3.64. The highest BCUT2D eigenvalue weighted by Gasteiger charge is 2.11. The van der Waals surface area contributed by atoms with Crippen molar-refractivity contribution in [3.63, 3.8) is 0 Å². The van der Waals surface area contributed by atoms with Gasteiger partial charge in [-0.05, 0) is 23.3 Å². The molecule has 0 aliphatic heterocycles. The summed E-state index contributed by atoms with van der Waals surface area (Å²) in [7, 11) is 1.61. The van der Waals surface area contributed by atoms with Crippen molar-refractivity contribution in [3.05, 3.63) is 59.1 Å². The van der Waals surface area contributed by atoms with Crippen molar-refractivity contribution in [1.29, 1.82) is 0 Å². The predicted octanol–water partition coefficient (Wildman–Crippen LogP) is 3.37. The van der Waals surface area contributed by atoms with Gasteiger partial charge in [0.05, 0.1) is 0 Å². The fourth-order valence-corrected chi connectivity index (χ4v) is 1.88. The Balaban J connectivity index is 2.58. The van der Waals surface area contributed by atoms with Crippen molar-refractivity contribution >= 4 is 17.5 Å². The van der Waals surface area contributed by atoms with Crippen LogP contribution >= 0.6 is 11.6 Å². The molecule has 1 N–H and O–H groups in total. The summed E-state index contributed by atoms with van der Waals surface area (Å²) in [6.07, 6.45) is 0. The molecular formula is C14H12ClNO. The van der Waals surface area contributed by atoms with E-state index in [1.54, 1.807) is 19.2 Å². The summed E-state index contributed by atoms with van der Waals surface area (Å²) >= 11 is 5.93. The number of nitrogens with one attached hydrogen (secondary N) is 1. The fourth-order valence-electron chi connectivity index (χ4n) is 1.71. The third kappa shape index (κ3) is 2.48. The Labute approximate surface area is 105 Å². The van der Waals surface area contributed by atoms with Gasteiger partial charge in [-0.15, -0.1) is 0 Å².